The zero-order valence-corrected chi connectivity index (χ0v) is 10.8. The van der Waals surface area contributed by atoms with Gasteiger partial charge in [-0.15, -0.1) is 0 Å². The molecular weight excluding hydrogens is 196 g/mol. The Hall–Kier alpha value is -0.340. The van der Waals surface area contributed by atoms with Crippen LogP contribution in [0.4, 0.5) is 0 Å². The van der Waals surface area contributed by atoms with Gasteiger partial charge in [0, 0.05) is 25.2 Å². The van der Waals surface area contributed by atoms with Gasteiger partial charge in [-0.2, -0.15) is 0 Å². The number of rotatable bonds is 5. The molecule has 0 aromatic heterocycles. The molecule has 1 N–H and O–H groups in total. The molecule has 2 fully saturated rings. The Bertz CT molecular complexity index is 245. The Labute approximate surface area is 100 Å². The Kier molecular flexibility index (Phi) is 4.04. The summed E-state index contributed by atoms with van der Waals surface area (Å²) in [6.07, 6.45) is 5.44. The summed E-state index contributed by atoms with van der Waals surface area (Å²) in [6.45, 7) is 12.3. The highest BCUT2D eigenvalue weighted by Crippen LogP contribution is 2.23. The van der Waals surface area contributed by atoms with Gasteiger partial charge in [-0.25, -0.2) is 0 Å². The Balaban J connectivity index is 1.68. The first-order chi connectivity index (χ1) is 7.65. The third kappa shape index (κ3) is 3.60. The molecule has 0 aromatic rings. The van der Waals surface area contributed by atoms with Crippen molar-refractivity contribution in [3.8, 4) is 0 Å². The van der Waals surface area contributed by atoms with Crippen molar-refractivity contribution in [2.75, 3.05) is 19.6 Å². The molecule has 2 rings (SSSR count). The molecule has 1 saturated heterocycles. The highest BCUT2D eigenvalue weighted by atomic mass is 15.2. The summed E-state index contributed by atoms with van der Waals surface area (Å²) in [5, 5.41) is 3.54. The predicted octanol–water partition coefficient (Wildman–Crippen LogP) is 2.42. The van der Waals surface area contributed by atoms with Gasteiger partial charge in [0.25, 0.3) is 0 Å². The lowest BCUT2D eigenvalue weighted by Crippen LogP contribution is -2.42. The highest BCUT2D eigenvalue weighted by Gasteiger charge is 2.24. The van der Waals surface area contributed by atoms with Crippen LogP contribution in [-0.2, 0) is 0 Å². The largest absolute Gasteiger partial charge is 0.310 e. The van der Waals surface area contributed by atoms with Gasteiger partial charge in [0.2, 0.25) is 0 Å². The number of nitrogens with one attached hydrogen (secondary N) is 1. The van der Waals surface area contributed by atoms with Crippen LogP contribution in [0, 0.1) is 5.92 Å². The first-order valence-electron chi connectivity index (χ1n) is 6.79. The van der Waals surface area contributed by atoms with Crippen LogP contribution in [0.1, 0.15) is 39.5 Å². The van der Waals surface area contributed by atoms with E-state index in [1.165, 1.54) is 37.8 Å². The Morgan fingerprint density at radius 3 is 2.69 bits per heavy atom. The van der Waals surface area contributed by atoms with Gasteiger partial charge in [-0.1, -0.05) is 13.5 Å². The first kappa shape index (κ1) is 12.1. The third-order valence-electron chi connectivity index (χ3n) is 3.92. The Morgan fingerprint density at radius 1 is 1.31 bits per heavy atom. The molecule has 0 amide bonds. The number of hydrogen-bond donors (Lipinski definition) is 1. The minimum Gasteiger partial charge on any atom is -0.310 e. The lowest BCUT2D eigenvalue weighted by atomic mass is 9.93. The monoisotopic (exact) mass is 222 g/mol. The molecule has 2 aliphatic rings. The minimum atomic E-state index is 0.737. The summed E-state index contributed by atoms with van der Waals surface area (Å²) in [7, 11) is 0. The highest BCUT2D eigenvalue weighted by molar-refractivity contribution is 5.02. The van der Waals surface area contributed by atoms with Crippen molar-refractivity contribution >= 4 is 0 Å². The quantitative estimate of drug-likeness (QED) is 0.719. The number of piperidine rings is 1. The molecule has 1 saturated carbocycles. The zero-order valence-electron chi connectivity index (χ0n) is 10.8. The molecule has 0 spiro atoms. The fourth-order valence-electron chi connectivity index (χ4n) is 2.61. The zero-order chi connectivity index (χ0) is 11.5. The van der Waals surface area contributed by atoms with E-state index in [4.69, 9.17) is 0 Å². The first-order valence-corrected chi connectivity index (χ1v) is 6.79. The Morgan fingerprint density at radius 2 is 2.06 bits per heavy atom. The second-order valence-corrected chi connectivity index (χ2v) is 5.85. The molecule has 16 heavy (non-hydrogen) atoms. The summed E-state index contributed by atoms with van der Waals surface area (Å²) >= 11 is 0. The summed E-state index contributed by atoms with van der Waals surface area (Å²) in [5.74, 6) is 0.907. The lowest BCUT2D eigenvalue weighted by Gasteiger charge is -2.37. The van der Waals surface area contributed by atoms with Crippen molar-refractivity contribution in [3.63, 3.8) is 0 Å². The summed E-state index contributed by atoms with van der Waals surface area (Å²) in [4.78, 5) is 2.59. The second kappa shape index (κ2) is 5.33. The maximum absolute atomic E-state index is 4.20. The molecular formula is C14H26N2. The SMILES string of the molecule is C=C(CNC1CC1)CN1CCC(C)CC1C. The molecule has 2 unspecified atom stereocenters. The fraction of sp³-hybridized carbons (Fsp3) is 0.857. The van der Waals surface area contributed by atoms with E-state index in [0.29, 0.717) is 0 Å². The van der Waals surface area contributed by atoms with E-state index in [0.717, 1.165) is 31.1 Å². The summed E-state index contributed by atoms with van der Waals surface area (Å²) < 4.78 is 0. The van der Waals surface area contributed by atoms with Crippen molar-refractivity contribution in [1.29, 1.82) is 0 Å². The van der Waals surface area contributed by atoms with Crippen LogP contribution in [0.3, 0.4) is 0 Å². The van der Waals surface area contributed by atoms with Gasteiger partial charge < -0.3 is 5.32 Å². The molecule has 92 valence electrons. The standard InChI is InChI=1S/C14H26N2/c1-11-6-7-16(13(3)8-11)10-12(2)9-15-14-4-5-14/h11,13-15H,2,4-10H2,1,3H3. The van der Waals surface area contributed by atoms with Gasteiger partial charge in [0.05, 0.1) is 0 Å². The van der Waals surface area contributed by atoms with Gasteiger partial charge in [-0.3, -0.25) is 4.90 Å². The van der Waals surface area contributed by atoms with Gasteiger partial charge in [0.15, 0.2) is 0 Å². The van der Waals surface area contributed by atoms with E-state index in [9.17, 15) is 0 Å². The van der Waals surface area contributed by atoms with Gasteiger partial charge in [0.1, 0.15) is 0 Å². The topological polar surface area (TPSA) is 15.3 Å². The van der Waals surface area contributed by atoms with Crippen molar-refractivity contribution in [2.24, 2.45) is 5.92 Å². The molecule has 2 atom stereocenters. The minimum absolute atomic E-state index is 0.737. The van der Waals surface area contributed by atoms with Crippen molar-refractivity contribution in [3.05, 3.63) is 12.2 Å². The number of hydrogen-bond acceptors (Lipinski definition) is 2. The van der Waals surface area contributed by atoms with Gasteiger partial charge >= 0.3 is 0 Å². The van der Waals surface area contributed by atoms with Crippen molar-refractivity contribution in [2.45, 2.75) is 51.6 Å². The number of nitrogens with zero attached hydrogens (tertiary/aromatic N) is 1. The normalized spacial score (nSPS) is 31.6. The maximum Gasteiger partial charge on any atom is 0.0205 e. The van der Waals surface area contributed by atoms with Crippen molar-refractivity contribution < 1.29 is 0 Å². The van der Waals surface area contributed by atoms with E-state index >= 15 is 0 Å². The molecule has 2 nitrogen and oxygen atoms in total. The summed E-state index contributed by atoms with van der Waals surface area (Å²) in [6, 6.07) is 1.54. The van der Waals surface area contributed by atoms with E-state index in [2.05, 4.69) is 30.6 Å². The fourth-order valence-corrected chi connectivity index (χ4v) is 2.61. The number of likely N-dealkylation sites (tertiary alicyclic amines) is 1. The van der Waals surface area contributed by atoms with Crippen LogP contribution in [0.2, 0.25) is 0 Å². The van der Waals surface area contributed by atoms with Crippen LogP contribution in [0.15, 0.2) is 12.2 Å². The summed E-state index contributed by atoms with van der Waals surface area (Å²) in [5.41, 5.74) is 1.35. The van der Waals surface area contributed by atoms with Crippen LogP contribution in [0.25, 0.3) is 0 Å². The third-order valence-corrected chi connectivity index (χ3v) is 3.92. The van der Waals surface area contributed by atoms with E-state index in [1.54, 1.807) is 0 Å². The van der Waals surface area contributed by atoms with Crippen molar-refractivity contribution in [1.82, 2.24) is 10.2 Å². The van der Waals surface area contributed by atoms with Crippen LogP contribution in [-0.4, -0.2) is 36.6 Å². The molecule has 2 heteroatoms. The molecule has 1 aliphatic carbocycles. The molecule has 0 aromatic carbocycles. The van der Waals surface area contributed by atoms with E-state index < -0.39 is 0 Å². The lowest BCUT2D eigenvalue weighted by molar-refractivity contribution is 0.140. The van der Waals surface area contributed by atoms with Crippen LogP contribution >= 0.6 is 0 Å². The second-order valence-electron chi connectivity index (χ2n) is 5.85. The molecule has 1 heterocycles. The van der Waals surface area contributed by atoms with E-state index in [1.807, 2.05) is 0 Å². The average molecular weight is 222 g/mol. The van der Waals surface area contributed by atoms with Crippen LogP contribution in [0.5, 0.6) is 0 Å². The maximum atomic E-state index is 4.20. The molecule has 1 aliphatic heterocycles. The average Bonchev–Trinajstić information content (AvgIpc) is 3.03. The molecule has 0 bridgehead atoms. The van der Waals surface area contributed by atoms with Crippen LogP contribution < -0.4 is 5.32 Å². The smallest absolute Gasteiger partial charge is 0.0205 e. The predicted molar refractivity (Wildman–Crippen MR) is 69.6 cm³/mol. The van der Waals surface area contributed by atoms with Gasteiger partial charge in [-0.05, 0) is 50.6 Å². The molecule has 0 radical (unpaired) electrons. The van der Waals surface area contributed by atoms with E-state index in [-0.39, 0.29) is 0 Å².